The molecule has 6 nitrogen and oxygen atoms in total. The van der Waals surface area contributed by atoms with Crippen LogP contribution in [0.3, 0.4) is 0 Å². The fraction of sp³-hybridized carbons (Fsp3) is 0.545. The van der Waals surface area contributed by atoms with Gasteiger partial charge in [-0.2, -0.15) is 0 Å². The van der Waals surface area contributed by atoms with Crippen LogP contribution in [0.4, 0.5) is 0 Å². The van der Waals surface area contributed by atoms with Gasteiger partial charge in [0.1, 0.15) is 17.6 Å². The van der Waals surface area contributed by atoms with Crippen LogP contribution in [0.5, 0.6) is 0 Å². The Bertz CT molecular complexity index is 414. The molecule has 0 aliphatic carbocycles. The Balaban J connectivity index is 2.74. The number of imidazole rings is 1. The molecule has 0 bridgehead atoms. The van der Waals surface area contributed by atoms with Crippen LogP contribution in [0.2, 0.25) is 0 Å². The van der Waals surface area contributed by atoms with E-state index in [2.05, 4.69) is 15.3 Å². The molecule has 2 atom stereocenters. The Morgan fingerprint density at radius 1 is 1.59 bits per heavy atom. The summed E-state index contributed by atoms with van der Waals surface area (Å²) in [5.74, 6) is -0.978. The third-order valence-corrected chi connectivity index (χ3v) is 2.71. The van der Waals surface area contributed by atoms with Crippen LogP contribution in [0.25, 0.3) is 0 Å². The van der Waals surface area contributed by atoms with E-state index in [0.717, 1.165) is 0 Å². The number of hydrogen-bond acceptors (Lipinski definition) is 3. The lowest BCUT2D eigenvalue weighted by Crippen LogP contribution is -2.45. The zero-order valence-electron chi connectivity index (χ0n) is 10.2. The molecule has 0 aliphatic heterocycles. The number of aliphatic carboxylic acids is 1. The van der Waals surface area contributed by atoms with Crippen molar-refractivity contribution in [1.82, 2.24) is 15.3 Å². The number of carbonyl (C=O) groups excluding carboxylic acids is 1. The number of amides is 1. The van der Waals surface area contributed by atoms with Gasteiger partial charge in [0.2, 0.25) is 0 Å². The Morgan fingerprint density at radius 2 is 2.24 bits per heavy atom. The van der Waals surface area contributed by atoms with Crippen LogP contribution in [-0.4, -0.2) is 33.0 Å². The molecule has 1 aromatic heterocycles. The number of rotatable bonds is 5. The average Bonchev–Trinajstić information content (AvgIpc) is 2.71. The lowest BCUT2D eigenvalue weighted by molar-refractivity contribution is -0.140. The molecule has 17 heavy (non-hydrogen) atoms. The second kappa shape index (κ2) is 5.47. The lowest BCUT2D eigenvalue weighted by atomic mass is 9.99. The number of hydrogen-bond donors (Lipinski definition) is 3. The van der Waals surface area contributed by atoms with Gasteiger partial charge in [-0.1, -0.05) is 20.3 Å². The van der Waals surface area contributed by atoms with E-state index >= 15 is 0 Å². The van der Waals surface area contributed by atoms with Crippen molar-refractivity contribution in [2.75, 3.05) is 0 Å². The van der Waals surface area contributed by atoms with E-state index in [1.165, 1.54) is 6.20 Å². The fourth-order valence-electron chi connectivity index (χ4n) is 1.44. The molecule has 0 fully saturated rings. The normalized spacial score (nSPS) is 14.1. The highest BCUT2D eigenvalue weighted by Crippen LogP contribution is 2.09. The molecule has 0 saturated carbocycles. The van der Waals surface area contributed by atoms with Crippen LogP contribution in [0.15, 0.2) is 6.20 Å². The van der Waals surface area contributed by atoms with Crippen molar-refractivity contribution >= 4 is 11.9 Å². The first-order valence-electron chi connectivity index (χ1n) is 5.51. The maximum atomic E-state index is 11.7. The maximum absolute atomic E-state index is 11.7. The number of carboxylic acid groups (broad SMARTS) is 1. The Morgan fingerprint density at radius 3 is 2.65 bits per heavy atom. The first kappa shape index (κ1) is 13.2. The molecule has 94 valence electrons. The van der Waals surface area contributed by atoms with Crippen molar-refractivity contribution in [3.05, 3.63) is 17.7 Å². The third kappa shape index (κ3) is 3.30. The van der Waals surface area contributed by atoms with Crippen molar-refractivity contribution < 1.29 is 14.7 Å². The third-order valence-electron chi connectivity index (χ3n) is 2.71. The quantitative estimate of drug-likeness (QED) is 0.712. The highest BCUT2D eigenvalue weighted by Gasteiger charge is 2.26. The predicted molar refractivity (Wildman–Crippen MR) is 61.7 cm³/mol. The largest absolute Gasteiger partial charge is 0.480 e. The van der Waals surface area contributed by atoms with E-state index in [0.29, 0.717) is 12.2 Å². The Hall–Kier alpha value is -1.85. The zero-order chi connectivity index (χ0) is 13.0. The molecule has 0 spiro atoms. The molecule has 6 heteroatoms. The molecule has 0 aliphatic rings. The summed E-state index contributed by atoms with van der Waals surface area (Å²) in [4.78, 5) is 29.4. The minimum Gasteiger partial charge on any atom is -0.480 e. The van der Waals surface area contributed by atoms with Crippen molar-refractivity contribution in [3.63, 3.8) is 0 Å². The first-order chi connectivity index (χ1) is 7.95. The van der Waals surface area contributed by atoms with Crippen LogP contribution in [0, 0.1) is 12.8 Å². The summed E-state index contributed by atoms with van der Waals surface area (Å²) < 4.78 is 0. The highest BCUT2D eigenvalue weighted by molar-refractivity contribution is 5.94. The number of carbonyl (C=O) groups is 2. The average molecular weight is 239 g/mol. The second-order valence-electron chi connectivity index (χ2n) is 4.06. The smallest absolute Gasteiger partial charge is 0.326 e. The van der Waals surface area contributed by atoms with Gasteiger partial charge < -0.3 is 15.4 Å². The SMILES string of the molecule is CC[C@H](C)[C@H](NC(=O)c1cnc(C)[nH]1)C(=O)O. The van der Waals surface area contributed by atoms with Gasteiger partial charge in [-0.05, 0) is 12.8 Å². The van der Waals surface area contributed by atoms with Gasteiger partial charge in [-0.25, -0.2) is 9.78 Å². The molecule has 0 unspecified atom stereocenters. The molecule has 1 aromatic rings. The monoisotopic (exact) mass is 239 g/mol. The second-order valence-corrected chi connectivity index (χ2v) is 4.06. The van der Waals surface area contributed by atoms with E-state index in [4.69, 9.17) is 5.11 Å². The van der Waals surface area contributed by atoms with Crippen LogP contribution in [0.1, 0.15) is 36.6 Å². The van der Waals surface area contributed by atoms with Crippen molar-refractivity contribution in [2.45, 2.75) is 33.2 Å². The summed E-state index contributed by atoms with van der Waals surface area (Å²) in [7, 11) is 0. The molecule has 1 heterocycles. The molecule has 1 amide bonds. The molecule has 0 radical (unpaired) electrons. The number of nitrogens with one attached hydrogen (secondary N) is 2. The lowest BCUT2D eigenvalue weighted by Gasteiger charge is -2.19. The number of nitrogens with zero attached hydrogens (tertiary/aromatic N) is 1. The van der Waals surface area contributed by atoms with Gasteiger partial charge >= 0.3 is 5.97 Å². The summed E-state index contributed by atoms with van der Waals surface area (Å²) in [5, 5.41) is 11.5. The molecular weight excluding hydrogens is 222 g/mol. The number of aryl methyl sites for hydroxylation is 1. The van der Waals surface area contributed by atoms with Gasteiger partial charge in [0.05, 0.1) is 6.20 Å². The summed E-state index contributed by atoms with van der Waals surface area (Å²) in [6, 6.07) is -0.879. The summed E-state index contributed by atoms with van der Waals surface area (Å²) >= 11 is 0. The van der Waals surface area contributed by atoms with E-state index in [1.807, 2.05) is 6.92 Å². The minimum atomic E-state index is -1.02. The standard InChI is InChI=1S/C11H17N3O3/c1-4-6(2)9(11(16)17)14-10(15)8-5-12-7(3)13-8/h5-6,9H,4H2,1-3H3,(H,12,13)(H,14,15)(H,16,17)/t6-,9-/m0/s1. The fourth-order valence-corrected chi connectivity index (χ4v) is 1.44. The molecular formula is C11H17N3O3. The number of H-pyrrole nitrogens is 1. The summed E-state index contributed by atoms with van der Waals surface area (Å²) in [5.41, 5.74) is 0.275. The topological polar surface area (TPSA) is 95.1 Å². The summed E-state index contributed by atoms with van der Waals surface area (Å²) in [6.07, 6.45) is 2.07. The van der Waals surface area contributed by atoms with Crippen molar-refractivity contribution in [2.24, 2.45) is 5.92 Å². The minimum absolute atomic E-state index is 0.125. The van der Waals surface area contributed by atoms with Gasteiger partial charge in [0, 0.05) is 0 Å². The molecule has 1 rings (SSSR count). The van der Waals surface area contributed by atoms with E-state index in [-0.39, 0.29) is 11.6 Å². The zero-order valence-corrected chi connectivity index (χ0v) is 10.2. The molecule has 3 N–H and O–H groups in total. The predicted octanol–water partition coefficient (Wildman–Crippen LogP) is 0.947. The van der Waals surface area contributed by atoms with Gasteiger partial charge in [0.15, 0.2) is 0 Å². The van der Waals surface area contributed by atoms with Crippen molar-refractivity contribution in [1.29, 1.82) is 0 Å². The van der Waals surface area contributed by atoms with Crippen LogP contribution < -0.4 is 5.32 Å². The van der Waals surface area contributed by atoms with Crippen LogP contribution in [-0.2, 0) is 4.79 Å². The van der Waals surface area contributed by atoms with Gasteiger partial charge in [0.25, 0.3) is 5.91 Å². The number of carboxylic acids is 1. The van der Waals surface area contributed by atoms with Crippen molar-refractivity contribution in [3.8, 4) is 0 Å². The number of aromatic nitrogens is 2. The van der Waals surface area contributed by atoms with E-state index in [9.17, 15) is 9.59 Å². The van der Waals surface area contributed by atoms with Gasteiger partial charge in [-0.3, -0.25) is 4.79 Å². The van der Waals surface area contributed by atoms with E-state index < -0.39 is 17.9 Å². The van der Waals surface area contributed by atoms with Crippen LogP contribution >= 0.6 is 0 Å². The Kier molecular flexibility index (Phi) is 4.25. The Labute approximate surface area is 99.4 Å². The maximum Gasteiger partial charge on any atom is 0.326 e. The molecule has 0 aromatic carbocycles. The van der Waals surface area contributed by atoms with Gasteiger partial charge in [-0.15, -0.1) is 0 Å². The first-order valence-corrected chi connectivity index (χ1v) is 5.51. The molecule has 0 saturated heterocycles. The number of aromatic amines is 1. The summed E-state index contributed by atoms with van der Waals surface area (Å²) in [6.45, 7) is 5.39. The highest BCUT2D eigenvalue weighted by atomic mass is 16.4. The van der Waals surface area contributed by atoms with E-state index in [1.54, 1.807) is 13.8 Å².